The molecule has 100 valence electrons. The van der Waals surface area contributed by atoms with Gasteiger partial charge in [0.1, 0.15) is 5.76 Å². The quantitative estimate of drug-likeness (QED) is 0.652. The van der Waals surface area contributed by atoms with Crippen LogP contribution in [-0.4, -0.2) is 41.5 Å². The van der Waals surface area contributed by atoms with Crippen LogP contribution in [0.4, 0.5) is 0 Å². The lowest BCUT2D eigenvalue weighted by Crippen LogP contribution is -2.48. The SMILES string of the molecule is O=C(CCc1cc(=O)[nH]o1)N[C@@H]1CCOC[C@H]1O. The van der Waals surface area contributed by atoms with Gasteiger partial charge in [-0.2, -0.15) is 5.16 Å². The summed E-state index contributed by atoms with van der Waals surface area (Å²) >= 11 is 0. The molecular weight excluding hydrogens is 240 g/mol. The zero-order valence-corrected chi connectivity index (χ0v) is 9.85. The first-order chi connectivity index (χ1) is 8.65. The van der Waals surface area contributed by atoms with Crippen LogP contribution in [0.3, 0.4) is 0 Å². The maximum absolute atomic E-state index is 11.6. The predicted octanol–water partition coefficient (Wildman–Crippen LogP) is -0.833. The van der Waals surface area contributed by atoms with Crippen molar-refractivity contribution in [2.24, 2.45) is 0 Å². The van der Waals surface area contributed by atoms with Crippen LogP contribution in [0.1, 0.15) is 18.6 Å². The molecule has 0 unspecified atom stereocenters. The van der Waals surface area contributed by atoms with E-state index in [1.165, 1.54) is 6.07 Å². The van der Waals surface area contributed by atoms with Crippen molar-refractivity contribution in [3.63, 3.8) is 0 Å². The van der Waals surface area contributed by atoms with Gasteiger partial charge in [0, 0.05) is 25.5 Å². The number of H-pyrrole nitrogens is 1. The second kappa shape index (κ2) is 5.83. The standard InChI is InChI=1S/C11H16N2O5/c14-9-6-17-4-3-8(9)12-10(15)2-1-7-5-11(16)13-18-7/h5,8-9,14H,1-4,6H2,(H,12,15)(H,13,16)/t8-,9-/m1/s1. The Morgan fingerprint density at radius 1 is 1.61 bits per heavy atom. The molecule has 1 saturated heterocycles. The highest BCUT2D eigenvalue weighted by Crippen LogP contribution is 2.08. The van der Waals surface area contributed by atoms with E-state index in [2.05, 4.69) is 10.5 Å². The maximum Gasteiger partial charge on any atom is 0.280 e. The third-order valence-corrected chi connectivity index (χ3v) is 2.85. The summed E-state index contributed by atoms with van der Waals surface area (Å²) in [5, 5.41) is 14.5. The normalized spacial score (nSPS) is 23.8. The molecule has 0 aromatic carbocycles. The molecule has 0 bridgehead atoms. The molecule has 0 aliphatic carbocycles. The van der Waals surface area contributed by atoms with Crippen LogP contribution >= 0.6 is 0 Å². The highest BCUT2D eigenvalue weighted by atomic mass is 16.5. The van der Waals surface area contributed by atoms with Gasteiger partial charge in [-0.25, -0.2) is 0 Å². The van der Waals surface area contributed by atoms with Crippen molar-refractivity contribution in [1.29, 1.82) is 0 Å². The summed E-state index contributed by atoms with van der Waals surface area (Å²) in [5.41, 5.74) is -0.315. The molecule has 1 aliphatic rings. The Morgan fingerprint density at radius 2 is 2.44 bits per heavy atom. The molecule has 2 rings (SSSR count). The molecule has 3 N–H and O–H groups in total. The fourth-order valence-corrected chi connectivity index (χ4v) is 1.85. The van der Waals surface area contributed by atoms with Gasteiger partial charge in [-0.1, -0.05) is 0 Å². The van der Waals surface area contributed by atoms with Crippen LogP contribution in [0.15, 0.2) is 15.4 Å². The van der Waals surface area contributed by atoms with Crippen molar-refractivity contribution in [3.05, 3.63) is 22.2 Å². The van der Waals surface area contributed by atoms with Crippen molar-refractivity contribution in [1.82, 2.24) is 10.5 Å². The van der Waals surface area contributed by atoms with Gasteiger partial charge in [0.25, 0.3) is 5.56 Å². The molecular formula is C11H16N2O5. The number of carbonyl (C=O) groups excluding carboxylic acids is 1. The van der Waals surface area contributed by atoms with Gasteiger partial charge in [-0.05, 0) is 6.42 Å². The molecule has 7 nitrogen and oxygen atoms in total. The van der Waals surface area contributed by atoms with E-state index >= 15 is 0 Å². The molecule has 1 amide bonds. The summed E-state index contributed by atoms with van der Waals surface area (Å²) in [6.07, 6.45) is 0.508. The number of aryl methyl sites for hydroxylation is 1. The third kappa shape index (κ3) is 3.44. The molecule has 1 aliphatic heterocycles. The van der Waals surface area contributed by atoms with Gasteiger partial charge in [0.15, 0.2) is 0 Å². The zero-order chi connectivity index (χ0) is 13.0. The van der Waals surface area contributed by atoms with Crippen LogP contribution in [0, 0.1) is 0 Å². The Morgan fingerprint density at radius 3 is 3.11 bits per heavy atom. The smallest absolute Gasteiger partial charge is 0.280 e. The largest absolute Gasteiger partial charge is 0.389 e. The summed E-state index contributed by atoms with van der Waals surface area (Å²) < 4.78 is 9.91. The van der Waals surface area contributed by atoms with Gasteiger partial charge in [0.2, 0.25) is 5.91 Å². The lowest BCUT2D eigenvalue weighted by atomic mass is 10.1. The summed E-state index contributed by atoms with van der Waals surface area (Å²) in [4.78, 5) is 22.4. The molecule has 2 heterocycles. The number of nitrogens with one attached hydrogen (secondary N) is 2. The fourth-order valence-electron chi connectivity index (χ4n) is 1.85. The topological polar surface area (TPSA) is 105 Å². The third-order valence-electron chi connectivity index (χ3n) is 2.85. The highest BCUT2D eigenvalue weighted by molar-refractivity contribution is 5.76. The average Bonchev–Trinajstić information content (AvgIpc) is 2.76. The molecule has 1 fully saturated rings. The van der Waals surface area contributed by atoms with Gasteiger partial charge in [0.05, 0.1) is 18.8 Å². The summed E-state index contributed by atoms with van der Waals surface area (Å²) in [6, 6.07) is 1.06. The number of ether oxygens (including phenoxy) is 1. The number of hydrogen-bond donors (Lipinski definition) is 3. The summed E-state index contributed by atoms with van der Waals surface area (Å²) in [5.74, 6) is 0.271. The molecule has 18 heavy (non-hydrogen) atoms. The molecule has 0 spiro atoms. The Balaban J connectivity index is 1.76. The number of aromatic amines is 1. The van der Waals surface area contributed by atoms with E-state index in [9.17, 15) is 14.7 Å². The Labute approximate surface area is 103 Å². The molecule has 0 radical (unpaired) electrons. The monoisotopic (exact) mass is 256 g/mol. The number of carbonyl (C=O) groups is 1. The number of amides is 1. The minimum atomic E-state index is -0.659. The van der Waals surface area contributed by atoms with E-state index in [0.717, 1.165) is 0 Å². The first kappa shape index (κ1) is 12.8. The van der Waals surface area contributed by atoms with Crippen LogP contribution < -0.4 is 10.9 Å². The van der Waals surface area contributed by atoms with Crippen molar-refractivity contribution in [2.75, 3.05) is 13.2 Å². The van der Waals surface area contributed by atoms with E-state index < -0.39 is 6.10 Å². The summed E-state index contributed by atoms with van der Waals surface area (Å²) in [7, 11) is 0. The van der Waals surface area contributed by atoms with E-state index in [1.807, 2.05) is 0 Å². The van der Waals surface area contributed by atoms with Crippen molar-refractivity contribution in [2.45, 2.75) is 31.4 Å². The van der Waals surface area contributed by atoms with Crippen molar-refractivity contribution in [3.8, 4) is 0 Å². The maximum atomic E-state index is 11.6. The molecule has 1 aromatic heterocycles. The second-order valence-corrected chi connectivity index (χ2v) is 4.28. The highest BCUT2D eigenvalue weighted by Gasteiger charge is 2.24. The van der Waals surface area contributed by atoms with Crippen molar-refractivity contribution < 1.29 is 19.2 Å². The number of rotatable bonds is 4. The Hall–Kier alpha value is -1.60. The molecule has 2 atom stereocenters. The predicted molar refractivity (Wildman–Crippen MR) is 61.0 cm³/mol. The van der Waals surface area contributed by atoms with E-state index in [-0.39, 0.29) is 30.5 Å². The number of hydrogen-bond acceptors (Lipinski definition) is 5. The first-order valence-electron chi connectivity index (χ1n) is 5.88. The van der Waals surface area contributed by atoms with Gasteiger partial charge in [-0.3, -0.25) is 9.59 Å². The zero-order valence-electron chi connectivity index (χ0n) is 9.85. The first-order valence-corrected chi connectivity index (χ1v) is 5.88. The lowest BCUT2D eigenvalue weighted by Gasteiger charge is -2.28. The Kier molecular flexibility index (Phi) is 4.16. The fraction of sp³-hybridized carbons (Fsp3) is 0.636. The minimum absolute atomic E-state index is 0.176. The van der Waals surface area contributed by atoms with Gasteiger partial charge in [-0.15, -0.1) is 0 Å². The van der Waals surface area contributed by atoms with Crippen LogP contribution in [0.2, 0.25) is 0 Å². The van der Waals surface area contributed by atoms with Gasteiger partial charge >= 0.3 is 0 Å². The van der Waals surface area contributed by atoms with Crippen LogP contribution in [0.25, 0.3) is 0 Å². The van der Waals surface area contributed by atoms with Crippen LogP contribution in [0.5, 0.6) is 0 Å². The second-order valence-electron chi connectivity index (χ2n) is 4.28. The lowest BCUT2D eigenvalue weighted by molar-refractivity contribution is -0.124. The molecule has 1 aromatic rings. The Bertz CT molecular complexity index is 452. The van der Waals surface area contributed by atoms with Gasteiger partial charge < -0.3 is 19.7 Å². The summed E-state index contributed by atoms with van der Waals surface area (Å²) in [6.45, 7) is 0.784. The number of aromatic nitrogens is 1. The number of aliphatic hydroxyl groups is 1. The average molecular weight is 256 g/mol. The van der Waals surface area contributed by atoms with Crippen molar-refractivity contribution >= 4 is 5.91 Å². The molecule has 0 saturated carbocycles. The van der Waals surface area contributed by atoms with E-state index in [1.54, 1.807) is 0 Å². The van der Waals surface area contributed by atoms with E-state index in [4.69, 9.17) is 9.26 Å². The number of aliphatic hydroxyl groups excluding tert-OH is 1. The molecule has 7 heteroatoms. The van der Waals surface area contributed by atoms with E-state index in [0.29, 0.717) is 25.2 Å². The minimum Gasteiger partial charge on any atom is -0.389 e. The van der Waals surface area contributed by atoms with Crippen LogP contribution in [-0.2, 0) is 16.0 Å².